The van der Waals surface area contributed by atoms with Crippen LogP contribution in [0.2, 0.25) is 0 Å². The highest BCUT2D eigenvalue weighted by Crippen LogP contribution is 2.33. The van der Waals surface area contributed by atoms with Crippen LogP contribution < -0.4 is 4.74 Å². The van der Waals surface area contributed by atoms with Gasteiger partial charge in [-0.05, 0) is 60.9 Å². The number of urea groups is 1. The molecule has 0 bridgehead atoms. The van der Waals surface area contributed by atoms with Gasteiger partial charge in [-0.2, -0.15) is 9.57 Å². The van der Waals surface area contributed by atoms with Gasteiger partial charge >= 0.3 is 6.03 Å². The molecule has 0 radical (unpaired) electrons. The predicted octanol–water partition coefficient (Wildman–Crippen LogP) is 4.53. The number of piperazine rings is 1. The molecule has 37 heavy (non-hydrogen) atoms. The minimum absolute atomic E-state index is 0.0633. The number of aryl methyl sites for hydroxylation is 2. The zero-order valence-electron chi connectivity index (χ0n) is 21.2. The summed E-state index contributed by atoms with van der Waals surface area (Å²) in [5.74, 6) is 0.681. The Morgan fingerprint density at radius 1 is 0.973 bits per heavy atom. The molecule has 8 nitrogen and oxygen atoms in total. The largest absolute Gasteiger partial charge is 0.456 e. The lowest BCUT2D eigenvalue weighted by Gasteiger charge is -2.36. The Morgan fingerprint density at radius 3 is 2.24 bits per heavy atom. The van der Waals surface area contributed by atoms with Crippen LogP contribution in [0.1, 0.15) is 22.3 Å². The number of hydrogen-bond donors (Lipinski definition) is 0. The van der Waals surface area contributed by atoms with Gasteiger partial charge in [-0.15, -0.1) is 0 Å². The van der Waals surface area contributed by atoms with E-state index in [1.807, 2.05) is 68.4 Å². The van der Waals surface area contributed by atoms with Crippen LogP contribution >= 0.6 is 0 Å². The lowest BCUT2D eigenvalue weighted by Crippen LogP contribution is -2.53. The SMILES string of the molecule is Cc1cc(C)cc(Oc2ccc(C#N)cc2S(=O)(=O)N2CCN(C(=O)N(C)Cc3ccccc3)CC2)c1. The van der Waals surface area contributed by atoms with Crippen molar-refractivity contribution in [3.63, 3.8) is 0 Å². The second-order valence-corrected chi connectivity index (χ2v) is 11.1. The molecule has 9 heteroatoms. The van der Waals surface area contributed by atoms with Crippen LogP contribution in [-0.2, 0) is 16.6 Å². The fourth-order valence-electron chi connectivity index (χ4n) is 4.41. The summed E-state index contributed by atoms with van der Waals surface area (Å²) in [6.07, 6.45) is 0. The Balaban J connectivity index is 1.50. The molecule has 0 aromatic heterocycles. The maximum Gasteiger partial charge on any atom is 0.320 e. The number of benzene rings is 3. The molecule has 1 aliphatic rings. The van der Waals surface area contributed by atoms with Crippen LogP contribution in [0.25, 0.3) is 0 Å². The Hall–Kier alpha value is -3.87. The number of carbonyl (C=O) groups is 1. The van der Waals surface area contributed by atoms with Crippen molar-refractivity contribution < 1.29 is 17.9 Å². The van der Waals surface area contributed by atoms with Crippen LogP contribution in [0.15, 0.2) is 71.6 Å². The standard InChI is InChI=1S/C28H30N4O4S/c1-21-15-22(2)17-25(16-21)36-26-10-9-24(19-29)18-27(26)37(34,35)32-13-11-31(12-14-32)28(33)30(3)20-23-7-5-4-6-8-23/h4-10,15-18H,11-14,20H2,1-3H3. The molecule has 0 saturated carbocycles. The summed E-state index contributed by atoms with van der Waals surface area (Å²) in [4.78, 5) is 16.2. The molecule has 192 valence electrons. The van der Waals surface area contributed by atoms with E-state index in [9.17, 15) is 18.5 Å². The van der Waals surface area contributed by atoms with E-state index < -0.39 is 10.0 Å². The molecule has 3 aromatic rings. The molecule has 1 fully saturated rings. The van der Waals surface area contributed by atoms with Gasteiger partial charge in [0, 0.05) is 39.8 Å². The Bertz CT molecular complexity index is 1410. The number of hydrogen-bond acceptors (Lipinski definition) is 5. The Labute approximate surface area is 218 Å². The third-order valence-electron chi connectivity index (χ3n) is 6.21. The molecular weight excluding hydrogens is 488 g/mol. The van der Waals surface area contributed by atoms with Gasteiger partial charge in [0.2, 0.25) is 10.0 Å². The summed E-state index contributed by atoms with van der Waals surface area (Å²) in [7, 11) is -2.24. The van der Waals surface area contributed by atoms with E-state index >= 15 is 0 Å². The zero-order chi connectivity index (χ0) is 26.6. The number of sulfonamides is 1. The van der Waals surface area contributed by atoms with E-state index in [1.54, 1.807) is 16.8 Å². The van der Waals surface area contributed by atoms with Gasteiger partial charge in [-0.3, -0.25) is 0 Å². The molecule has 0 aliphatic carbocycles. The molecular formula is C28H30N4O4S. The minimum Gasteiger partial charge on any atom is -0.456 e. The minimum atomic E-state index is -3.98. The van der Waals surface area contributed by atoms with Gasteiger partial charge in [0.15, 0.2) is 0 Å². The van der Waals surface area contributed by atoms with Crippen molar-refractivity contribution in [1.29, 1.82) is 5.26 Å². The zero-order valence-corrected chi connectivity index (χ0v) is 22.0. The third-order valence-corrected chi connectivity index (χ3v) is 8.13. The van der Waals surface area contributed by atoms with Crippen molar-refractivity contribution in [2.45, 2.75) is 25.3 Å². The highest BCUT2D eigenvalue weighted by molar-refractivity contribution is 7.89. The monoisotopic (exact) mass is 518 g/mol. The Morgan fingerprint density at radius 2 is 1.62 bits per heavy atom. The van der Waals surface area contributed by atoms with E-state index in [-0.39, 0.29) is 48.4 Å². The first-order chi connectivity index (χ1) is 17.7. The summed E-state index contributed by atoms with van der Waals surface area (Å²) >= 11 is 0. The van der Waals surface area contributed by atoms with E-state index in [1.165, 1.54) is 22.5 Å². The smallest absolute Gasteiger partial charge is 0.320 e. The van der Waals surface area contributed by atoms with Crippen molar-refractivity contribution in [3.05, 3.63) is 89.0 Å². The fraction of sp³-hybridized carbons (Fsp3) is 0.286. The molecule has 0 spiro atoms. The van der Waals surface area contributed by atoms with Gasteiger partial charge in [-0.25, -0.2) is 13.2 Å². The van der Waals surface area contributed by atoms with Gasteiger partial charge in [0.1, 0.15) is 16.4 Å². The summed E-state index contributed by atoms with van der Waals surface area (Å²) < 4.78 is 34.7. The number of rotatable bonds is 6. The lowest BCUT2D eigenvalue weighted by atomic mass is 10.1. The molecule has 0 unspecified atom stereocenters. The highest BCUT2D eigenvalue weighted by Gasteiger charge is 2.33. The first kappa shape index (κ1) is 26.2. The quantitative estimate of drug-likeness (QED) is 0.478. The van der Waals surface area contributed by atoms with E-state index in [4.69, 9.17) is 4.74 Å². The van der Waals surface area contributed by atoms with Crippen LogP contribution in [0.3, 0.4) is 0 Å². The van der Waals surface area contributed by atoms with Crippen LogP contribution in [0, 0.1) is 25.2 Å². The van der Waals surface area contributed by atoms with Gasteiger partial charge in [0.05, 0.1) is 11.6 Å². The number of nitrogens with zero attached hydrogens (tertiary/aromatic N) is 4. The number of amides is 2. The van der Waals surface area contributed by atoms with E-state index in [0.29, 0.717) is 12.3 Å². The number of nitriles is 1. The molecule has 2 amide bonds. The van der Waals surface area contributed by atoms with Crippen LogP contribution in [0.4, 0.5) is 4.79 Å². The van der Waals surface area contributed by atoms with Crippen molar-refractivity contribution in [1.82, 2.24) is 14.1 Å². The average Bonchev–Trinajstić information content (AvgIpc) is 2.88. The molecule has 0 atom stereocenters. The van der Waals surface area contributed by atoms with E-state index in [2.05, 4.69) is 0 Å². The fourth-order valence-corrected chi connectivity index (χ4v) is 5.97. The number of ether oxygens (including phenoxy) is 1. The Kier molecular flexibility index (Phi) is 7.81. The third kappa shape index (κ3) is 6.10. The van der Waals surface area contributed by atoms with Crippen molar-refractivity contribution in [2.75, 3.05) is 33.2 Å². The van der Waals surface area contributed by atoms with Crippen molar-refractivity contribution >= 4 is 16.1 Å². The predicted molar refractivity (Wildman–Crippen MR) is 141 cm³/mol. The molecule has 4 rings (SSSR count). The number of carbonyl (C=O) groups excluding carboxylic acids is 1. The van der Waals surface area contributed by atoms with Gasteiger partial charge in [-0.1, -0.05) is 36.4 Å². The topological polar surface area (TPSA) is 93.9 Å². The summed E-state index contributed by atoms with van der Waals surface area (Å²) in [6, 6.07) is 21.6. The molecule has 0 N–H and O–H groups in total. The molecule has 1 saturated heterocycles. The second-order valence-electron chi connectivity index (χ2n) is 9.21. The van der Waals surface area contributed by atoms with Crippen LogP contribution in [0.5, 0.6) is 11.5 Å². The van der Waals surface area contributed by atoms with Gasteiger partial charge < -0.3 is 14.5 Å². The highest BCUT2D eigenvalue weighted by atomic mass is 32.2. The van der Waals surface area contributed by atoms with Crippen LogP contribution in [-0.4, -0.2) is 61.8 Å². The first-order valence-corrected chi connectivity index (χ1v) is 13.5. The maximum absolute atomic E-state index is 13.7. The first-order valence-electron chi connectivity index (χ1n) is 12.0. The van der Waals surface area contributed by atoms with Gasteiger partial charge in [0.25, 0.3) is 0 Å². The second kappa shape index (κ2) is 11.0. The summed E-state index contributed by atoms with van der Waals surface area (Å²) in [5.41, 5.74) is 3.23. The lowest BCUT2D eigenvalue weighted by molar-refractivity contribution is 0.140. The summed E-state index contributed by atoms with van der Waals surface area (Å²) in [5, 5.41) is 9.40. The summed E-state index contributed by atoms with van der Waals surface area (Å²) in [6.45, 7) is 5.17. The maximum atomic E-state index is 13.7. The molecule has 1 aliphatic heterocycles. The van der Waals surface area contributed by atoms with E-state index in [0.717, 1.165) is 16.7 Å². The normalized spacial score (nSPS) is 14.2. The average molecular weight is 519 g/mol. The van der Waals surface area contributed by atoms with Crippen molar-refractivity contribution in [3.8, 4) is 17.6 Å². The molecule has 3 aromatic carbocycles. The van der Waals surface area contributed by atoms with Crippen molar-refractivity contribution in [2.24, 2.45) is 0 Å². The molecule has 1 heterocycles.